The van der Waals surface area contributed by atoms with Crippen LogP contribution in [-0.2, 0) is 6.54 Å². The van der Waals surface area contributed by atoms with Gasteiger partial charge in [0.15, 0.2) is 11.6 Å². The van der Waals surface area contributed by atoms with Crippen LogP contribution >= 0.6 is 11.3 Å². The highest BCUT2D eigenvalue weighted by Gasteiger charge is 2.15. The summed E-state index contributed by atoms with van der Waals surface area (Å²) >= 11 is 1.43. The van der Waals surface area contributed by atoms with Gasteiger partial charge in [-0.3, -0.25) is 9.78 Å². The van der Waals surface area contributed by atoms with Gasteiger partial charge in [-0.15, -0.1) is 11.3 Å². The Morgan fingerprint density at radius 2 is 2.35 bits per heavy atom. The molecular weight excluding hydrogens is 279 g/mol. The fourth-order valence-corrected chi connectivity index (χ4v) is 2.11. The normalized spacial score (nSPS) is 10.3. The first-order valence-electron chi connectivity index (χ1n) is 6.26. The molecule has 1 amide bonds. The first kappa shape index (κ1) is 14.4. The highest BCUT2D eigenvalue weighted by molar-refractivity contribution is 7.09. The number of carbonyl (C=O) groups is 1. The molecule has 0 atom stereocenters. The lowest BCUT2D eigenvalue weighted by Gasteiger charge is -2.09. The molecule has 2 heterocycles. The summed E-state index contributed by atoms with van der Waals surface area (Å²) in [4.78, 5) is 20.7. The molecule has 0 radical (unpaired) electrons. The van der Waals surface area contributed by atoms with Crippen LogP contribution in [0.1, 0.15) is 28.6 Å². The largest absolute Gasteiger partial charge is 0.368 e. The Balaban J connectivity index is 2.05. The molecule has 2 rings (SSSR count). The molecule has 0 bridgehead atoms. The molecule has 2 N–H and O–H groups in total. The quantitative estimate of drug-likeness (QED) is 0.858. The molecule has 0 saturated heterocycles. The number of halogens is 1. The van der Waals surface area contributed by atoms with Crippen LogP contribution in [0.5, 0.6) is 0 Å². The van der Waals surface area contributed by atoms with Gasteiger partial charge in [-0.25, -0.2) is 9.37 Å². The second-order valence-corrected chi connectivity index (χ2v) is 5.07. The molecule has 2 aromatic heterocycles. The van der Waals surface area contributed by atoms with Crippen LogP contribution in [0.2, 0.25) is 0 Å². The van der Waals surface area contributed by atoms with Gasteiger partial charge in [-0.05, 0) is 12.5 Å². The molecule has 5 nitrogen and oxygen atoms in total. The maximum atomic E-state index is 14.1. The molecule has 0 fully saturated rings. The van der Waals surface area contributed by atoms with Crippen molar-refractivity contribution in [3.8, 4) is 0 Å². The number of carbonyl (C=O) groups excluding carboxylic acids is 1. The van der Waals surface area contributed by atoms with Gasteiger partial charge in [0.2, 0.25) is 0 Å². The number of hydrogen-bond acceptors (Lipinski definition) is 5. The maximum Gasteiger partial charge on any atom is 0.254 e. The number of aromatic nitrogens is 2. The molecule has 7 heteroatoms. The Morgan fingerprint density at radius 1 is 1.50 bits per heavy atom. The molecule has 0 spiro atoms. The summed E-state index contributed by atoms with van der Waals surface area (Å²) in [5.74, 6) is -0.974. The number of amides is 1. The molecule has 0 saturated carbocycles. The number of nitrogens with zero attached hydrogens (tertiary/aromatic N) is 2. The van der Waals surface area contributed by atoms with Gasteiger partial charge in [-0.1, -0.05) is 6.92 Å². The van der Waals surface area contributed by atoms with Crippen LogP contribution in [-0.4, -0.2) is 22.4 Å². The zero-order chi connectivity index (χ0) is 14.4. The van der Waals surface area contributed by atoms with E-state index in [-0.39, 0.29) is 11.4 Å². The van der Waals surface area contributed by atoms with E-state index in [0.29, 0.717) is 13.1 Å². The van der Waals surface area contributed by atoms with Gasteiger partial charge in [0.05, 0.1) is 17.6 Å². The van der Waals surface area contributed by atoms with E-state index in [0.717, 1.165) is 11.3 Å². The summed E-state index contributed by atoms with van der Waals surface area (Å²) < 4.78 is 14.1. The third kappa shape index (κ3) is 3.51. The van der Waals surface area contributed by atoms with Gasteiger partial charge in [0.25, 0.3) is 5.91 Å². The van der Waals surface area contributed by atoms with E-state index in [2.05, 4.69) is 20.6 Å². The zero-order valence-corrected chi connectivity index (χ0v) is 11.8. The minimum absolute atomic E-state index is 0.0110. The average molecular weight is 294 g/mol. The van der Waals surface area contributed by atoms with Crippen LogP contribution in [0, 0.1) is 5.82 Å². The Labute approximate surface area is 120 Å². The Morgan fingerprint density at radius 3 is 3.05 bits per heavy atom. The summed E-state index contributed by atoms with van der Waals surface area (Å²) in [5.41, 5.74) is 1.67. The molecule has 0 unspecified atom stereocenters. The Kier molecular flexibility index (Phi) is 5.00. The van der Waals surface area contributed by atoms with Crippen molar-refractivity contribution in [2.75, 3.05) is 11.9 Å². The van der Waals surface area contributed by atoms with E-state index < -0.39 is 11.7 Å². The monoisotopic (exact) mass is 294 g/mol. The first-order chi connectivity index (χ1) is 9.72. The summed E-state index contributed by atoms with van der Waals surface area (Å²) in [6.07, 6.45) is 3.94. The number of anilines is 1. The Bertz CT molecular complexity index is 574. The van der Waals surface area contributed by atoms with Crippen molar-refractivity contribution in [3.63, 3.8) is 0 Å². The maximum absolute atomic E-state index is 14.1. The molecule has 0 aliphatic heterocycles. The van der Waals surface area contributed by atoms with Crippen LogP contribution in [0.15, 0.2) is 24.0 Å². The number of thiazole rings is 1. The minimum Gasteiger partial charge on any atom is -0.368 e. The molecule has 20 heavy (non-hydrogen) atoms. The predicted octanol–water partition coefficient (Wildman–Crippen LogP) is 2.43. The summed E-state index contributed by atoms with van der Waals surface area (Å²) in [6, 6.07) is 1.37. The average Bonchev–Trinajstić information content (AvgIpc) is 2.97. The highest BCUT2D eigenvalue weighted by Crippen LogP contribution is 2.15. The molecule has 0 aliphatic carbocycles. The second kappa shape index (κ2) is 6.95. The van der Waals surface area contributed by atoms with Crippen molar-refractivity contribution >= 4 is 23.1 Å². The summed E-state index contributed by atoms with van der Waals surface area (Å²) in [6.45, 7) is 2.91. The number of rotatable bonds is 6. The van der Waals surface area contributed by atoms with Gasteiger partial charge in [-0.2, -0.15) is 0 Å². The SMILES string of the molecule is CCCNc1nccc(C(=O)NCc2cncs2)c1F. The van der Waals surface area contributed by atoms with Crippen LogP contribution in [0.3, 0.4) is 0 Å². The van der Waals surface area contributed by atoms with Crippen molar-refractivity contribution in [1.82, 2.24) is 15.3 Å². The van der Waals surface area contributed by atoms with Crippen LogP contribution in [0.4, 0.5) is 10.2 Å². The highest BCUT2D eigenvalue weighted by atomic mass is 32.1. The summed E-state index contributed by atoms with van der Waals surface area (Å²) in [5, 5.41) is 5.51. The Hall–Kier alpha value is -2.02. The number of nitrogens with one attached hydrogen (secondary N) is 2. The van der Waals surface area contributed by atoms with E-state index in [1.165, 1.54) is 23.6 Å². The van der Waals surface area contributed by atoms with E-state index in [9.17, 15) is 9.18 Å². The number of pyridine rings is 1. The van der Waals surface area contributed by atoms with E-state index in [1.807, 2.05) is 6.92 Å². The third-order valence-electron chi connectivity index (χ3n) is 2.58. The predicted molar refractivity (Wildman–Crippen MR) is 76.3 cm³/mol. The van der Waals surface area contributed by atoms with Crippen LogP contribution < -0.4 is 10.6 Å². The minimum atomic E-state index is -0.622. The lowest BCUT2D eigenvalue weighted by molar-refractivity contribution is 0.0947. The topological polar surface area (TPSA) is 66.9 Å². The van der Waals surface area contributed by atoms with Gasteiger partial charge < -0.3 is 10.6 Å². The second-order valence-electron chi connectivity index (χ2n) is 4.10. The fraction of sp³-hybridized carbons (Fsp3) is 0.308. The standard InChI is InChI=1S/C13H15FN4OS/c1-2-4-16-12-11(14)10(3-5-17-12)13(19)18-7-9-6-15-8-20-9/h3,5-6,8H,2,4,7H2,1H3,(H,16,17)(H,18,19). The third-order valence-corrected chi connectivity index (χ3v) is 3.36. The van der Waals surface area contributed by atoms with Crippen molar-refractivity contribution < 1.29 is 9.18 Å². The first-order valence-corrected chi connectivity index (χ1v) is 7.14. The van der Waals surface area contributed by atoms with Gasteiger partial charge in [0, 0.05) is 23.8 Å². The van der Waals surface area contributed by atoms with E-state index >= 15 is 0 Å². The van der Waals surface area contributed by atoms with E-state index in [4.69, 9.17) is 0 Å². The van der Waals surface area contributed by atoms with Gasteiger partial charge in [0.1, 0.15) is 0 Å². The fourth-order valence-electron chi connectivity index (χ4n) is 1.58. The van der Waals surface area contributed by atoms with Gasteiger partial charge >= 0.3 is 0 Å². The lowest BCUT2D eigenvalue weighted by Crippen LogP contribution is -2.24. The van der Waals surface area contributed by atoms with Crippen molar-refractivity contribution in [2.24, 2.45) is 0 Å². The van der Waals surface area contributed by atoms with Crippen molar-refractivity contribution in [2.45, 2.75) is 19.9 Å². The molecule has 0 aromatic carbocycles. The van der Waals surface area contributed by atoms with E-state index in [1.54, 1.807) is 11.7 Å². The molecule has 0 aliphatic rings. The smallest absolute Gasteiger partial charge is 0.254 e. The van der Waals surface area contributed by atoms with Crippen LogP contribution in [0.25, 0.3) is 0 Å². The zero-order valence-electron chi connectivity index (χ0n) is 11.0. The van der Waals surface area contributed by atoms with Crippen molar-refractivity contribution in [1.29, 1.82) is 0 Å². The molecule has 2 aromatic rings. The molecule has 106 valence electrons. The lowest BCUT2D eigenvalue weighted by atomic mass is 10.2. The number of hydrogen-bond donors (Lipinski definition) is 2. The summed E-state index contributed by atoms with van der Waals surface area (Å²) in [7, 11) is 0. The van der Waals surface area contributed by atoms with Crippen molar-refractivity contribution in [3.05, 3.63) is 40.2 Å². The molecular formula is C13H15FN4OS.